The van der Waals surface area contributed by atoms with Crippen LogP contribution in [-0.4, -0.2) is 48.3 Å². The van der Waals surface area contributed by atoms with Gasteiger partial charge in [-0.25, -0.2) is 18.2 Å². The predicted octanol–water partition coefficient (Wildman–Crippen LogP) is 2.13. The maximum atomic E-state index is 12.8. The van der Waals surface area contributed by atoms with Crippen LogP contribution in [0.25, 0.3) is 0 Å². The fourth-order valence-corrected chi connectivity index (χ4v) is 4.34. The molecule has 0 aromatic carbocycles. The van der Waals surface area contributed by atoms with Gasteiger partial charge in [0.05, 0.1) is 10.8 Å². The van der Waals surface area contributed by atoms with Crippen molar-refractivity contribution in [3.8, 4) is 6.07 Å². The fourth-order valence-electron chi connectivity index (χ4n) is 2.54. The maximum Gasteiger partial charge on any atom is 0.410 e. The highest BCUT2D eigenvalue weighted by atomic mass is 32.2. The third-order valence-corrected chi connectivity index (χ3v) is 5.76. The van der Waals surface area contributed by atoms with E-state index < -0.39 is 26.8 Å². The van der Waals surface area contributed by atoms with Crippen LogP contribution in [0.1, 0.15) is 39.2 Å². The van der Waals surface area contributed by atoms with Crippen molar-refractivity contribution in [1.29, 1.82) is 5.26 Å². The number of piperidine rings is 1. The minimum atomic E-state index is -3.80. The van der Waals surface area contributed by atoms with Gasteiger partial charge in [0.15, 0.2) is 5.03 Å². The Morgan fingerprint density at radius 2 is 2.17 bits per heavy atom. The Morgan fingerprint density at radius 3 is 2.79 bits per heavy atom. The normalized spacial score (nSPS) is 18.8. The summed E-state index contributed by atoms with van der Waals surface area (Å²) in [5.41, 5.74) is -0.621. The second-order valence-corrected chi connectivity index (χ2v) is 8.85. The molecule has 1 aromatic heterocycles. The van der Waals surface area contributed by atoms with Crippen molar-refractivity contribution >= 4 is 15.9 Å². The van der Waals surface area contributed by atoms with Crippen molar-refractivity contribution in [1.82, 2.24) is 9.88 Å². The Balaban J connectivity index is 2.23. The number of hydrogen-bond acceptors (Lipinski definition) is 6. The van der Waals surface area contributed by atoms with Gasteiger partial charge in [-0.2, -0.15) is 5.26 Å². The molecule has 0 bridgehead atoms. The molecule has 1 aliphatic rings. The van der Waals surface area contributed by atoms with Crippen LogP contribution in [-0.2, 0) is 14.6 Å². The van der Waals surface area contributed by atoms with Crippen LogP contribution in [0, 0.1) is 11.3 Å². The Labute approximate surface area is 142 Å². The third kappa shape index (κ3) is 4.03. The van der Waals surface area contributed by atoms with E-state index in [9.17, 15) is 13.2 Å². The van der Waals surface area contributed by atoms with E-state index in [1.165, 1.54) is 23.2 Å². The topological polar surface area (TPSA) is 100 Å². The molecule has 2 rings (SSSR count). The summed E-state index contributed by atoms with van der Waals surface area (Å²) in [6.45, 7) is 5.77. The van der Waals surface area contributed by atoms with E-state index in [0.717, 1.165) is 0 Å². The SMILES string of the molecule is CC(C)(C)OC(=O)N1CCC[C@@H](S(=O)(=O)c2ncccc2C#N)C1. The smallest absolute Gasteiger partial charge is 0.410 e. The molecule has 1 aromatic rings. The first-order valence-electron chi connectivity index (χ1n) is 7.72. The lowest BCUT2D eigenvalue weighted by molar-refractivity contribution is 0.0219. The zero-order chi connectivity index (χ0) is 18.0. The molecule has 1 saturated heterocycles. The van der Waals surface area contributed by atoms with Gasteiger partial charge in [0, 0.05) is 19.3 Å². The van der Waals surface area contributed by atoms with Crippen molar-refractivity contribution in [3.05, 3.63) is 23.9 Å². The van der Waals surface area contributed by atoms with E-state index >= 15 is 0 Å². The minimum Gasteiger partial charge on any atom is -0.444 e. The first kappa shape index (κ1) is 18.2. The molecule has 1 fully saturated rings. The van der Waals surface area contributed by atoms with E-state index in [2.05, 4.69) is 4.98 Å². The molecule has 0 unspecified atom stereocenters. The second kappa shape index (κ2) is 6.77. The largest absolute Gasteiger partial charge is 0.444 e. The van der Waals surface area contributed by atoms with Gasteiger partial charge in [-0.3, -0.25) is 0 Å². The Kier molecular flexibility index (Phi) is 5.13. The molecule has 1 aliphatic heterocycles. The van der Waals surface area contributed by atoms with Gasteiger partial charge in [-0.15, -0.1) is 0 Å². The summed E-state index contributed by atoms with van der Waals surface area (Å²) in [6, 6.07) is 4.80. The maximum absolute atomic E-state index is 12.8. The molecule has 0 saturated carbocycles. The minimum absolute atomic E-state index is 0.0203. The summed E-state index contributed by atoms with van der Waals surface area (Å²) in [4.78, 5) is 17.5. The molecule has 1 atom stereocenters. The number of aromatic nitrogens is 1. The molecular formula is C16H21N3O4S. The number of carbonyl (C=O) groups excluding carboxylic acids is 1. The number of sulfone groups is 1. The fraction of sp³-hybridized carbons (Fsp3) is 0.562. The van der Waals surface area contributed by atoms with Gasteiger partial charge >= 0.3 is 6.09 Å². The molecule has 0 aliphatic carbocycles. The first-order chi connectivity index (χ1) is 11.1. The number of rotatable bonds is 2. The van der Waals surface area contributed by atoms with Crippen LogP contribution < -0.4 is 0 Å². The number of ether oxygens (including phenoxy) is 1. The van der Waals surface area contributed by atoms with E-state index in [1.54, 1.807) is 20.8 Å². The van der Waals surface area contributed by atoms with E-state index in [1.807, 2.05) is 6.07 Å². The molecule has 24 heavy (non-hydrogen) atoms. The zero-order valence-electron chi connectivity index (χ0n) is 14.0. The lowest BCUT2D eigenvalue weighted by atomic mass is 10.1. The Hall–Kier alpha value is -2.14. The van der Waals surface area contributed by atoms with Gasteiger partial charge < -0.3 is 9.64 Å². The van der Waals surface area contributed by atoms with Crippen molar-refractivity contribution < 1.29 is 17.9 Å². The molecule has 2 heterocycles. The highest BCUT2D eigenvalue weighted by molar-refractivity contribution is 7.92. The highest BCUT2D eigenvalue weighted by Gasteiger charge is 2.37. The number of pyridine rings is 1. The Bertz CT molecular complexity index is 762. The quantitative estimate of drug-likeness (QED) is 0.809. The van der Waals surface area contributed by atoms with Crippen LogP contribution in [0.15, 0.2) is 23.4 Å². The zero-order valence-corrected chi connectivity index (χ0v) is 14.8. The average molecular weight is 351 g/mol. The number of likely N-dealkylation sites (tertiary alicyclic amines) is 1. The standard InChI is InChI=1S/C16H21N3O4S/c1-16(2,3)23-15(20)19-9-5-7-13(11-19)24(21,22)14-12(10-17)6-4-8-18-14/h4,6,8,13H,5,7,9,11H2,1-3H3/t13-/m1/s1. The van der Waals surface area contributed by atoms with E-state index in [-0.39, 0.29) is 17.1 Å². The average Bonchev–Trinajstić information content (AvgIpc) is 2.53. The summed E-state index contributed by atoms with van der Waals surface area (Å²) in [5, 5.41) is 8.10. The lowest BCUT2D eigenvalue weighted by Gasteiger charge is -2.33. The summed E-state index contributed by atoms with van der Waals surface area (Å²) >= 11 is 0. The van der Waals surface area contributed by atoms with Gasteiger partial charge in [0.2, 0.25) is 9.84 Å². The van der Waals surface area contributed by atoms with Gasteiger partial charge in [0.1, 0.15) is 11.7 Å². The predicted molar refractivity (Wildman–Crippen MR) is 87.0 cm³/mol. The van der Waals surface area contributed by atoms with Crippen molar-refractivity contribution in [2.75, 3.05) is 13.1 Å². The first-order valence-corrected chi connectivity index (χ1v) is 9.27. The summed E-state index contributed by atoms with van der Waals surface area (Å²) in [7, 11) is -3.80. The Morgan fingerprint density at radius 1 is 1.46 bits per heavy atom. The summed E-state index contributed by atoms with van der Waals surface area (Å²) in [5.74, 6) is 0. The van der Waals surface area contributed by atoms with Crippen LogP contribution in [0.5, 0.6) is 0 Å². The summed E-state index contributed by atoms with van der Waals surface area (Å²) in [6.07, 6.45) is 1.80. The number of nitrogens with zero attached hydrogens (tertiary/aromatic N) is 3. The van der Waals surface area contributed by atoms with Crippen LogP contribution in [0.3, 0.4) is 0 Å². The van der Waals surface area contributed by atoms with Gasteiger partial charge in [0.25, 0.3) is 0 Å². The van der Waals surface area contributed by atoms with Crippen molar-refractivity contribution in [2.24, 2.45) is 0 Å². The number of hydrogen-bond donors (Lipinski definition) is 0. The molecule has 0 spiro atoms. The number of carbonyl (C=O) groups is 1. The van der Waals surface area contributed by atoms with E-state index in [4.69, 9.17) is 10.00 Å². The van der Waals surface area contributed by atoms with Crippen LogP contribution in [0.2, 0.25) is 0 Å². The second-order valence-electron chi connectivity index (χ2n) is 6.70. The third-order valence-electron chi connectivity index (χ3n) is 3.63. The van der Waals surface area contributed by atoms with E-state index in [0.29, 0.717) is 19.4 Å². The lowest BCUT2D eigenvalue weighted by Crippen LogP contribution is -2.47. The molecule has 130 valence electrons. The molecule has 0 radical (unpaired) electrons. The highest BCUT2D eigenvalue weighted by Crippen LogP contribution is 2.25. The van der Waals surface area contributed by atoms with Gasteiger partial charge in [-0.1, -0.05) is 0 Å². The monoisotopic (exact) mass is 351 g/mol. The number of amides is 1. The molecule has 0 N–H and O–H groups in total. The summed E-state index contributed by atoms with van der Waals surface area (Å²) < 4.78 is 31.0. The molecule has 7 nitrogen and oxygen atoms in total. The van der Waals surface area contributed by atoms with Crippen LogP contribution >= 0.6 is 0 Å². The number of nitriles is 1. The molecular weight excluding hydrogens is 330 g/mol. The van der Waals surface area contributed by atoms with Crippen LogP contribution in [0.4, 0.5) is 4.79 Å². The molecule has 8 heteroatoms. The van der Waals surface area contributed by atoms with Crippen molar-refractivity contribution in [3.63, 3.8) is 0 Å². The van der Waals surface area contributed by atoms with Crippen molar-refractivity contribution in [2.45, 2.75) is 49.5 Å². The molecule has 1 amide bonds. The van der Waals surface area contributed by atoms with Gasteiger partial charge in [-0.05, 0) is 45.7 Å².